The summed E-state index contributed by atoms with van der Waals surface area (Å²) in [5.74, 6) is 0. The molecule has 0 aliphatic carbocycles. The highest BCUT2D eigenvalue weighted by Crippen LogP contribution is 2.20. The number of halogens is 1. The number of anilines is 1. The lowest BCUT2D eigenvalue weighted by molar-refractivity contribution is 0.205. The summed E-state index contributed by atoms with van der Waals surface area (Å²) < 4.78 is 5.14. The first kappa shape index (κ1) is 12.9. The number of ether oxygens (including phenoxy) is 1. The van der Waals surface area contributed by atoms with E-state index in [1.54, 1.807) is 13.4 Å². The van der Waals surface area contributed by atoms with Gasteiger partial charge in [-0.1, -0.05) is 17.7 Å². The number of rotatable bonds is 6. The van der Waals surface area contributed by atoms with E-state index in [1.165, 1.54) is 0 Å². The fraction of sp³-hybridized carbons (Fsp3) is 0.308. The third-order valence-corrected chi connectivity index (χ3v) is 2.88. The summed E-state index contributed by atoms with van der Waals surface area (Å²) >= 11 is 6.03. The second-order valence-electron chi connectivity index (χ2n) is 3.95. The number of nitrogens with one attached hydrogen (secondary N) is 1. The monoisotopic (exact) mass is 265 g/mol. The van der Waals surface area contributed by atoms with Crippen LogP contribution in [0.5, 0.6) is 0 Å². The minimum atomic E-state index is 0.664. The highest BCUT2D eigenvalue weighted by atomic mass is 35.5. The lowest BCUT2D eigenvalue weighted by Crippen LogP contribution is -2.26. The fourth-order valence-corrected chi connectivity index (χ4v) is 1.93. The van der Waals surface area contributed by atoms with Gasteiger partial charge in [0, 0.05) is 30.6 Å². The van der Waals surface area contributed by atoms with E-state index in [2.05, 4.69) is 14.9 Å². The minimum Gasteiger partial charge on any atom is -0.383 e. The van der Waals surface area contributed by atoms with E-state index < -0.39 is 0 Å². The van der Waals surface area contributed by atoms with Gasteiger partial charge in [-0.05, 0) is 18.2 Å². The summed E-state index contributed by atoms with van der Waals surface area (Å²) in [6.07, 6.45) is 3.58. The molecule has 1 N–H and O–H groups in total. The molecule has 1 aromatic carbocycles. The Hall–Kier alpha value is -1.52. The molecular weight excluding hydrogens is 250 g/mol. The van der Waals surface area contributed by atoms with Crippen LogP contribution in [0, 0.1) is 0 Å². The minimum absolute atomic E-state index is 0.664. The van der Waals surface area contributed by atoms with Gasteiger partial charge in [0.1, 0.15) is 0 Å². The van der Waals surface area contributed by atoms with Crippen molar-refractivity contribution < 1.29 is 4.74 Å². The van der Waals surface area contributed by atoms with Crippen molar-refractivity contribution in [2.75, 3.05) is 25.2 Å². The van der Waals surface area contributed by atoms with Crippen molar-refractivity contribution in [3.63, 3.8) is 0 Å². The van der Waals surface area contributed by atoms with E-state index in [4.69, 9.17) is 16.3 Å². The molecule has 5 heteroatoms. The number of benzene rings is 1. The van der Waals surface area contributed by atoms with Crippen molar-refractivity contribution >= 4 is 17.3 Å². The molecule has 4 nitrogen and oxygen atoms in total. The average molecular weight is 266 g/mol. The third-order valence-electron chi connectivity index (χ3n) is 2.65. The van der Waals surface area contributed by atoms with Crippen molar-refractivity contribution in [1.29, 1.82) is 0 Å². The van der Waals surface area contributed by atoms with Crippen LogP contribution < -0.4 is 4.90 Å². The first-order valence-electron chi connectivity index (χ1n) is 5.76. The van der Waals surface area contributed by atoms with Gasteiger partial charge in [0.2, 0.25) is 0 Å². The SMILES string of the molecule is COCCN(Cc1c[nH]cn1)c1cccc(Cl)c1. The Bertz CT molecular complexity index is 473. The Labute approximate surface area is 112 Å². The molecule has 0 saturated heterocycles. The second-order valence-corrected chi connectivity index (χ2v) is 4.39. The molecule has 0 saturated carbocycles. The Morgan fingerprint density at radius 3 is 3.00 bits per heavy atom. The lowest BCUT2D eigenvalue weighted by atomic mass is 10.2. The van der Waals surface area contributed by atoms with Crippen LogP contribution in [-0.2, 0) is 11.3 Å². The van der Waals surface area contributed by atoms with Gasteiger partial charge in [-0.15, -0.1) is 0 Å². The zero-order valence-electron chi connectivity index (χ0n) is 10.3. The van der Waals surface area contributed by atoms with Crippen molar-refractivity contribution in [2.45, 2.75) is 6.54 Å². The van der Waals surface area contributed by atoms with Crippen LogP contribution in [0.25, 0.3) is 0 Å². The summed E-state index contributed by atoms with van der Waals surface area (Å²) in [5.41, 5.74) is 2.06. The van der Waals surface area contributed by atoms with Gasteiger partial charge < -0.3 is 14.6 Å². The van der Waals surface area contributed by atoms with Crippen LogP contribution in [0.1, 0.15) is 5.69 Å². The summed E-state index contributed by atoms with van der Waals surface area (Å²) in [5, 5.41) is 0.733. The van der Waals surface area contributed by atoms with Gasteiger partial charge in [-0.25, -0.2) is 4.98 Å². The second kappa shape index (κ2) is 6.42. The average Bonchev–Trinajstić information content (AvgIpc) is 2.87. The van der Waals surface area contributed by atoms with E-state index in [0.717, 1.165) is 29.5 Å². The quantitative estimate of drug-likeness (QED) is 0.873. The van der Waals surface area contributed by atoms with Gasteiger partial charge in [-0.2, -0.15) is 0 Å². The Balaban J connectivity index is 2.13. The topological polar surface area (TPSA) is 41.1 Å². The molecule has 0 bridgehead atoms. The molecule has 0 radical (unpaired) electrons. The summed E-state index contributed by atoms with van der Waals surface area (Å²) in [4.78, 5) is 9.39. The molecule has 0 fully saturated rings. The van der Waals surface area contributed by atoms with Crippen LogP contribution >= 0.6 is 11.6 Å². The third kappa shape index (κ3) is 3.48. The summed E-state index contributed by atoms with van der Waals surface area (Å²) in [6.45, 7) is 2.19. The summed E-state index contributed by atoms with van der Waals surface area (Å²) in [7, 11) is 1.70. The molecule has 1 heterocycles. The van der Waals surface area contributed by atoms with Crippen LogP contribution in [0.2, 0.25) is 5.02 Å². The van der Waals surface area contributed by atoms with Gasteiger partial charge in [0.05, 0.1) is 25.2 Å². The molecule has 2 aromatic rings. The van der Waals surface area contributed by atoms with Gasteiger partial charge in [-0.3, -0.25) is 0 Å². The van der Waals surface area contributed by atoms with E-state index in [-0.39, 0.29) is 0 Å². The van der Waals surface area contributed by atoms with Crippen LogP contribution in [0.4, 0.5) is 5.69 Å². The molecule has 0 spiro atoms. The largest absolute Gasteiger partial charge is 0.383 e. The first-order valence-corrected chi connectivity index (χ1v) is 6.14. The molecule has 1 aromatic heterocycles. The Morgan fingerprint density at radius 1 is 1.44 bits per heavy atom. The fourth-order valence-electron chi connectivity index (χ4n) is 1.75. The standard InChI is InChI=1S/C13H16ClN3O/c1-18-6-5-17(9-12-8-15-10-16-12)13-4-2-3-11(14)7-13/h2-4,7-8,10H,5-6,9H2,1H3,(H,15,16). The highest BCUT2D eigenvalue weighted by molar-refractivity contribution is 6.30. The number of H-pyrrole nitrogens is 1. The van der Waals surface area contributed by atoms with E-state index in [0.29, 0.717) is 6.61 Å². The maximum atomic E-state index is 6.03. The van der Waals surface area contributed by atoms with Crippen LogP contribution in [0.15, 0.2) is 36.8 Å². The lowest BCUT2D eigenvalue weighted by Gasteiger charge is -2.23. The molecule has 96 valence electrons. The van der Waals surface area contributed by atoms with Crippen molar-refractivity contribution in [2.24, 2.45) is 0 Å². The molecular formula is C13H16ClN3O. The molecule has 18 heavy (non-hydrogen) atoms. The van der Waals surface area contributed by atoms with E-state index >= 15 is 0 Å². The number of aromatic nitrogens is 2. The number of hydrogen-bond donors (Lipinski definition) is 1. The molecule has 0 amide bonds. The number of imidazole rings is 1. The molecule has 0 unspecified atom stereocenters. The number of methoxy groups -OCH3 is 1. The highest BCUT2D eigenvalue weighted by Gasteiger charge is 2.08. The van der Waals surface area contributed by atoms with Crippen molar-refractivity contribution in [3.05, 3.63) is 47.5 Å². The Kier molecular flexibility index (Phi) is 4.61. The summed E-state index contributed by atoms with van der Waals surface area (Å²) in [6, 6.07) is 7.80. The van der Waals surface area contributed by atoms with Gasteiger partial charge >= 0.3 is 0 Å². The smallest absolute Gasteiger partial charge is 0.0923 e. The number of aromatic amines is 1. The van der Waals surface area contributed by atoms with Crippen LogP contribution in [-0.4, -0.2) is 30.2 Å². The van der Waals surface area contributed by atoms with Gasteiger partial charge in [0.25, 0.3) is 0 Å². The van der Waals surface area contributed by atoms with Gasteiger partial charge in [0.15, 0.2) is 0 Å². The van der Waals surface area contributed by atoms with Crippen molar-refractivity contribution in [1.82, 2.24) is 9.97 Å². The van der Waals surface area contributed by atoms with Crippen LogP contribution in [0.3, 0.4) is 0 Å². The maximum Gasteiger partial charge on any atom is 0.0923 e. The number of hydrogen-bond acceptors (Lipinski definition) is 3. The molecule has 2 rings (SSSR count). The normalized spacial score (nSPS) is 10.6. The molecule has 0 aliphatic heterocycles. The van der Waals surface area contributed by atoms with E-state index in [1.807, 2.05) is 30.5 Å². The van der Waals surface area contributed by atoms with E-state index in [9.17, 15) is 0 Å². The maximum absolute atomic E-state index is 6.03. The molecule has 0 aliphatic rings. The number of nitrogens with zero attached hydrogens (tertiary/aromatic N) is 2. The zero-order chi connectivity index (χ0) is 12.8. The predicted molar refractivity (Wildman–Crippen MR) is 73.0 cm³/mol. The molecule has 0 atom stereocenters. The zero-order valence-corrected chi connectivity index (χ0v) is 11.0. The Morgan fingerprint density at radius 2 is 2.33 bits per heavy atom. The predicted octanol–water partition coefficient (Wildman–Crippen LogP) is 2.72. The van der Waals surface area contributed by atoms with Crippen molar-refractivity contribution in [3.8, 4) is 0 Å². The first-order chi connectivity index (χ1) is 8.79.